The number of carbonyl (C=O) groups is 2. The molecule has 2 heterocycles. The first-order valence-corrected chi connectivity index (χ1v) is 12.1. The van der Waals surface area contributed by atoms with Crippen molar-refractivity contribution < 1.29 is 18.7 Å². The van der Waals surface area contributed by atoms with Crippen LogP contribution in [0.4, 0.5) is 0 Å². The molecule has 8 nitrogen and oxygen atoms in total. The molecule has 0 unspecified atom stereocenters. The lowest BCUT2D eigenvalue weighted by Gasteiger charge is -2.22. The van der Waals surface area contributed by atoms with E-state index >= 15 is 0 Å². The van der Waals surface area contributed by atoms with Crippen LogP contribution in [0.15, 0.2) is 63.8 Å². The van der Waals surface area contributed by atoms with Gasteiger partial charge in [-0.05, 0) is 25.2 Å². The minimum absolute atomic E-state index is 0.0241. The van der Waals surface area contributed by atoms with Gasteiger partial charge in [-0.25, -0.2) is 0 Å². The molecule has 36 heavy (non-hydrogen) atoms. The molecule has 2 aromatic carbocycles. The lowest BCUT2D eigenvalue weighted by molar-refractivity contribution is 0.0746. The molecule has 0 N–H and O–H groups in total. The number of rotatable bonds is 10. The minimum atomic E-state index is -0.446. The van der Waals surface area contributed by atoms with Gasteiger partial charge in [0.1, 0.15) is 5.39 Å². The van der Waals surface area contributed by atoms with Crippen molar-refractivity contribution >= 4 is 33.6 Å². The van der Waals surface area contributed by atoms with Crippen molar-refractivity contribution in [3.8, 4) is 5.75 Å². The van der Waals surface area contributed by atoms with Gasteiger partial charge in [0.05, 0.1) is 19.2 Å². The summed E-state index contributed by atoms with van der Waals surface area (Å²) in [5, 5.41) is 0.772. The molecule has 8 heteroatoms. The number of ketones is 1. The van der Waals surface area contributed by atoms with Gasteiger partial charge in [-0.2, -0.15) is 0 Å². The number of benzene rings is 2. The van der Waals surface area contributed by atoms with Crippen LogP contribution < -0.4 is 10.3 Å². The quantitative estimate of drug-likeness (QED) is 0.313. The van der Waals surface area contributed by atoms with Crippen molar-refractivity contribution in [3.05, 3.63) is 76.3 Å². The van der Waals surface area contributed by atoms with E-state index in [9.17, 15) is 14.4 Å². The van der Waals surface area contributed by atoms with Crippen molar-refractivity contribution in [2.24, 2.45) is 0 Å². The van der Waals surface area contributed by atoms with E-state index in [1.165, 1.54) is 11.7 Å². The molecule has 0 aliphatic heterocycles. The molecule has 0 saturated carbocycles. The van der Waals surface area contributed by atoms with E-state index in [2.05, 4.69) is 18.7 Å². The van der Waals surface area contributed by atoms with E-state index in [0.717, 1.165) is 19.6 Å². The highest BCUT2D eigenvalue weighted by Gasteiger charge is 2.29. The molecule has 2 aromatic heterocycles. The van der Waals surface area contributed by atoms with Crippen molar-refractivity contribution in [3.63, 3.8) is 0 Å². The number of nitrogens with zero attached hydrogens (tertiary/aromatic N) is 3. The number of hydrogen-bond donors (Lipinski definition) is 0. The number of pyridine rings is 1. The van der Waals surface area contributed by atoms with E-state index in [-0.39, 0.29) is 40.7 Å². The number of ether oxygens (including phenoxy) is 1. The standard InChI is InChI=1S/C28H31N3O5/c1-5-30(6-2)17-16-29(3)28(34)26-25(35-4)23-24(36-26)20-14-10-11-15-21(20)31(27(23)33)18-22(32)19-12-8-7-9-13-19/h7-15H,5-6,16-18H2,1-4H3. The molecule has 0 saturated heterocycles. The third-order valence-corrected chi connectivity index (χ3v) is 6.55. The first-order chi connectivity index (χ1) is 17.4. The van der Waals surface area contributed by atoms with Crippen LogP contribution >= 0.6 is 0 Å². The van der Waals surface area contributed by atoms with E-state index in [1.54, 1.807) is 48.3 Å². The minimum Gasteiger partial charge on any atom is -0.492 e. The number of fused-ring (bicyclic) bond motifs is 3. The van der Waals surface area contributed by atoms with Gasteiger partial charge in [0, 0.05) is 31.1 Å². The molecule has 0 aliphatic rings. The lowest BCUT2D eigenvalue weighted by atomic mass is 10.1. The van der Waals surface area contributed by atoms with Crippen molar-refractivity contribution in [2.75, 3.05) is 40.3 Å². The number of Topliss-reactive ketones (excluding diaryl/α,β-unsaturated/α-hetero) is 1. The van der Waals surface area contributed by atoms with Crippen LogP contribution in [-0.4, -0.2) is 66.4 Å². The number of hydrogen-bond acceptors (Lipinski definition) is 6. The summed E-state index contributed by atoms with van der Waals surface area (Å²) in [6.45, 7) is 6.99. The first-order valence-electron chi connectivity index (χ1n) is 12.1. The average molecular weight is 490 g/mol. The normalized spacial score (nSPS) is 11.4. The maximum absolute atomic E-state index is 13.7. The van der Waals surface area contributed by atoms with Crippen LogP contribution in [0.2, 0.25) is 0 Å². The van der Waals surface area contributed by atoms with Gasteiger partial charge in [-0.15, -0.1) is 0 Å². The molecule has 0 bridgehead atoms. The van der Waals surface area contributed by atoms with E-state index in [4.69, 9.17) is 9.15 Å². The second-order valence-corrected chi connectivity index (χ2v) is 8.62. The van der Waals surface area contributed by atoms with Crippen molar-refractivity contribution in [2.45, 2.75) is 20.4 Å². The fourth-order valence-corrected chi connectivity index (χ4v) is 4.40. The zero-order chi connectivity index (χ0) is 25.8. The van der Waals surface area contributed by atoms with E-state index in [0.29, 0.717) is 23.0 Å². The Balaban J connectivity index is 1.82. The topological polar surface area (TPSA) is 85.0 Å². The number of furan rings is 1. The number of amides is 1. The molecule has 188 valence electrons. The zero-order valence-electron chi connectivity index (χ0n) is 21.1. The fourth-order valence-electron chi connectivity index (χ4n) is 4.40. The lowest BCUT2D eigenvalue weighted by Crippen LogP contribution is -2.36. The maximum atomic E-state index is 13.7. The number of carbonyl (C=O) groups excluding carboxylic acids is 2. The summed E-state index contributed by atoms with van der Waals surface area (Å²) in [6.07, 6.45) is 0. The van der Waals surface area contributed by atoms with Crippen LogP contribution in [0.1, 0.15) is 34.8 Å². The summed E-state index contributed by atoms with van der Waals surface area (Å²) < 4.78 is 13.0. The second kappa shape index (κ2) is 10.8. The van der Waals surface area contributed by atoms with Crippen LogP contribution in [0.3, 0.4) is 0 Å². The fraction of sp³-hybridized carbons (Fsp3) is 0.321. The Kier molecular flexibility index (Phi) is 7.55. The highest BCUT2D eigenvalue weighted by Crippen LogP contribution is 2.35. The highest BCUT2D eigenvalue weighted by molar-refractivity contribution is 6.09. The Morgan fingerprint density at radius 3 is 2.31 bits per heavy atom. The highest BCUT2D eigenvalue weighted by atomic mass is 16.5. The molecule has 0 atom stereocenters. The third-order valence-electron chi connectivity index (χ3n) is 6.55. The SMILES string of the molecule is CCN(CC)CCN(C)C(=O)c1oc2c(c1OC)c(=O)n(CC(=O)c1ccccc1)c1ccccc21. The number of para-hydroxylation sites is 1. The molecule has 0 radical (unpaired) electrons. The molecule has 0 fully saturated rings. The van der Waals surface area contributed by atoms with Gasteiger partial charge in [0.15, 0.2) is 17.1 Å². The summed E-state index contributed by atoms with van der Waals surface area (Å²) in [5.41, 5.74) is 0.887. The molecular weight excluding hydrogens is 458 g/mol. The van der Waals surface area contributed by atoms with Gasteiger partial charge in [0.2, 0.25) is 5.76 Å². The Labute approximate surface area is 209 Å². The summed E-state index contributed by atoms with van der Waals surface area (Å²) in [7, 11) is 3.11. The molecule has 0 aliphatic carbocycles. The van der Waals surface area contributed by atoms with Gasteiger partial charge < -0.3 is 19.0 Å². The Hall–Kier alpha value is -3.91. The zero-order valence-corrected chi connectivity index (χ0v) is 21.1. The van der Waals surface area contributed by atoms with Crippen molar-refractivity contribution in [1.29, 1.82) is 0 Å². The average Bonchev–Trinajstić information content (AvgIpc) is 3.31. The number of likely N-dealkylation sites (N-methyl/N-ethyl adjacent to an activating group) is 2. The van der Waals surface area contributed by atoms with Crippen LogP contribution in [-0.2, 0) is 6.54 Å². The monoisotopic (exact) mass is 489 g/mol. The third kappa shape index (κ3) is 4.64. The van der Waals surface area contributed by atoms with Gasteiger partial charge in [0.25, 0.3) is 11.5 Å². The van der Waals surface area contributed by atoms with Gasteiger partial charge in [-0.1, -0.05) is 56.3 Å². The van der Waals surface area contributed by atoms with Crippen molar-refractivity contribution in [1.82, 2.24) is 14.4 Å². The Morgan fingerprint density at radius 2 is 1.64 bits per heavy atom. The van der Waals surface area contributed by atoms with Gasteiger partial charge in [-0.3, -0.25) is 19.0 Å². The summed E-state index contributed by atoms with van der Waals surface area (Å²) in [6, 6.07) is 16.0. The molecular formula is C28H31N3O5. The van der Waals surface area contributed by atoms with Crippen LogP contribution in [0, 0.1) is 0 Å². The molecule has 1 amide bonds. The second-order valence-electron chi connectivity index (χ2n) is 8.62. The molecule has 4 aromatic rings. The largest absolute Gasteiger partial charge is 0.492 e. The molecule has 4 rings (SSSR count). The summed E-state index contributed by atoms with van der Waals surface area (Å²) in [5.74, 6) is -0.506. The number of methoxy groups -OCH3 is 1. The first kappa shape index (κ1) is 25.2. The summed E-state index contributed by atoms with van der Waals surface area (Å²) in [4.78, 5) is 43.9. The predicted molar refractivity (Wildman–Crippen MR) is 140 cm³/mol. The van der Waals surface area contributed by atoms with E-state index < -0.39 is 5.56 Å². The van der Waals surface area contributed by atoms with Crippen LogP contribution in [0.25, 0.3) is 21.9 Å². The maximum Gasteiger partial charge on any atom is 0.293 e. The Bertz CT molecular complexity index is 1450. The predicted octanol–water partition coefficient (Wildman–Crippen LogP) is 4.05. The van der Waals surface area contributed by atoms with Crippen LogP contribution in [0.5, 0.6) is 5.75 Å². The number of aromatic nitrogens is 1. The summed E-state index contributed by atoms with van der Waals surface area (Å²) >= 11 is 0. The van der Waals surface area contributed by atoms with E-state index in [1.807, 2.05) is 18.2 Å². The smallest absolute Gasteiger partial charge is 0.293 e. The molecule has 0 spiro atoms. The Morgan fingerprint density at radius 1 is 0.972 bits per heavy atom. The van der Waals surface area contributed by atoms with Gasteiger partial charge >= 0.3 is 0 Å².